The van der Waals surface area contributed by atoms with E-state index in [1.165, 1.54) is 17.4 Å². The monoisotopic (exact) mass is 300 g/mol. The van der Waals surface area contributed by atoms with E-state index in [1.54, 1.807) is 13.0 Å². The Morgan fingerprint density at radius 2 is 1.95 bits per heavy atom. The molecule has 0 aliphatic carbocycles. The molecule has 0 amide bonds. The van der Waals surface area contributed by atoms with E-state index in [0.29, 0.717) is 11.4 Å². The van der Waals surface area contributed by atoms with Crippen LogP contribution in [-0.4, -0.2) is 30.5 Å². The number of rotatable bonds is 6. The molecule has 1 aromatic carbocycles. The first-order chi connectivity index (χ1) is 10.5. The summed E-state index contributed by atoms with van der Waals surface area (Å²) >= 11 is 0. The van der Waals surface area contributed by atoms with Gasteiger partial charge >= 0.3 is 0 Å². The first kappa shape index (κ1) is 15.8. The van der Waals surface area contributed by atoms with Gasteiger partial charge in [-0.25, -0.2) is 4.98 Å². The fraction of sp³-hybridized carbons (Fsp3) is 0.312. The van der Waals surface area contributed by atoms with Crippen LogP contribution in [0.1, 0.15) is 11.1 Å². The molecule has 1 N–H and O–H groups in total. The van der Waals surface area contributed by atoms with Crippen molar-refractivity contribution in [2.24, 2.45) is 0 Å². The van der Waals surface area contributed by atoms with Crippen molar-refractivity contribution in [3.63, 3.8) is 0 Å². The summed E-state index contributed by atoms with van der Waals surface area (Å²) in [7, 11) is 4.03. The maximum absolute atomic E-state index is 10.7. The van der Waals surface area contributed by atoms with Gasteiger partial charge in [-0.2, -0.15) is 0 Å². The molecule has 0 aliphatic rings. The van der Waals surface area contributed by atoms with Crippen molar-refractivity contribution in [2.75, 3.05) is 30.9 Å². The number of benzene rings is 1. The Bertz CT molecular complexity index is 654. The molecular weight excluding hydrogens is 280 g/mol. The van der Waals surface area contributed by atoms with E-state index in [0.717, 1.165) is 13.0 Å². The molecular formula is C16H20N4O2. The van der Waals surface area contributed by atoms with Gasteiger partial charge in [-0.05, 0) is 37.1 Å². The highest BCUT2D eigenvalue weighted by Crippen LogP contribution is 2.19. The second-order valence-corrected chi connectivity index (χ2v) is 5.35. The highest BCUT2D eigenvalue weighted by molar-refractivity contribution is 5.48. The number of nitro groups is 1. The van der Waals surface area contributed by atoms with Crippen LogP contribution in [0.15, 0.2) is 36.5 Å². The van der Waals surface area contributed by atoms with Crippen molar-refractivity contribution >= 4 is 17.2 Å². The van der Waals surface area contributed by atoms with Crippen molar-refractivity contribution in [2.45, 2.75) is 13.3 Å². The Labute approximate surface area is 129 Å². The molecule has 0 atom stereocenters. The van der Waals surface area contributed by atoms with Gasteiger partial charge in [0.05, 0.1) is 4.92 Å². The summed E-state index contributed by atoms with van der Waals surface area (Å²) in [5.41, 5.74) is 3.06. The zero-order valence-electron chi connectivity index (χ0n) is 13.0. The summed E-state index contributed by atoms with van der Waals surface area (Å²) < 4.78 is 0. The lowest BCUT2D eigenvalue weighted by Gasteiger charge is -2.13. The van der Waals surface area contributed by atoms with Gasteiger partial charge < -0.3 is 10.2 Å². The first-order valence-electron chi connectivity index (χ1n) is 7.08. The van der Waals surface area contributed by atoms with Crippen LogP contribution in [0, 0.1) is 17.0 Å². The van der Waals surface area contributed by atoms with E-state index in [9.17, 15) is 10.1 Å². The van der Waals surface area contributed by atoms with Gasteiger partial charge in [0.2, 0.25) is 0 Å². The summed E-state index contributed by atoms with van der Waals surface area (Å²) in [5, 5.41) is 13.9. The second kappa shape index (κ2) is 6.89. The standard InChI is InChI=1S/C16H20N4O2/c1-12-10-16(18-11-15(12)20(21)22)17-9-8-13-4-6-14(7-5-13)19(2)3/h4-7,10-11H,8-9H2,1-3H3,(H,17,18). The SMILES string of the molecule is Cc1cc(NCCc2ccc(N(C)C)cc2)ncc1[N+](=O)[O-]. The third kappa shape index (κ3) is 3.94. The maximum Gasteiger partial charge on any atom is 0.290 e. The molecule has 116 valence electrons. The number of aryl methyl sites for hydroxylation is 1. The molecule has 2 aromatic rings. The lowest BCUT2D eigenvalue weighted by Crippen LogP contribution is -2.09. The minimum atomic E-state index is -0.418. The van der Waals surface area contributed by atoms with Crippen LogP contribution in [0.5, 0.6) is 0 Å². The van der Waals surface area contributed by atoms with Crippen molar-refractivity contribution in [1.29, 1.82) is 0 Å². The Kier molecular flexibility index (Phi) is 4.93. The van der Waals surface area contributed by atoms with E-state index in [4.69, 9.17) is 0 Å². The van der Waals surface area contributed by atoms with Crippen LogP contribution in [-0.2, 0) is 6.42 Å². The largest absolute Gasteiger partial charge is 0.378 e. The van der Waals surface area contributed by atoms with Crippen LogP contribution in [0.4, 0.5) is 17.2 Å². The van der Waals surface area contributed by atoms with Crippen LogP contribution in [0.3, 0.4) is 0 Å². The summed E-state index contributed by atoms with van der Waals surface area (Å²) in [6, 6.07) is 10.1. The van der Waals surface area contributed by atoms with Gasteiger partial charge in [0, 0.05) is 31.9 Å². The summed E-state index contributed by atoms with van der Waals surface area (Å²) in [6.45, 7) is 2.44. The molecule has 1 aromatic heterocycles. The quantitative estimate of drug-likeness (QED) is 0.656. The Hall–Kier alpha value is -2.63. The minimum absolute atomic E-state index is 0.0461. The molecule has 0 bridgehead atoms. The fourth-order valence-electron chi connectivity index (χ4n) is 2.13. The molecule has 0 unspecified atom stereocenters. The fourth-order valence-corrected chi connectivity index (χ4v) is 2.13. The molecule has 0 saturated heterocycles. The molecule has 1 heterocycles. The zero-order chi connectivity index (χ0) is 16.1. The molecule has 0 radical (unpaired) electrons. The highest BCUT2D eigenvalue weighted by Gasteiger charge is 2.11. The zero-order valence-corrected chi connectivity index (χ0v) is 13.0. The predicted molar refractivity (Wildman–Crippen MR) is 88.6 cm³/mol. The second-order valence-electron chi connectivity index (χ2n) is 5.35. The molecule has 0 spiro atoms. The Morgan fingerprint density at radius 3 is 2.50 bits per heavy atom. The first-order valence-corrected chi connectivity index (χ1v) is 7.08. The molecule has 0 saturated carbocycles. The highest BCUT2D eigenvalue weighted by atomic mass is 16.6. The Balaban J connectivity index is 1.91. The molecule has 6 heteroatoms. The van der Waals surface area contributed by atoms with E-state index >= 15 is 0 Å². The van der Waals surface area contributed by atoms with Gasteiger partial charge in [-0.1, -0.05) is 12.1 Å². The van der Waals surface area contributed by atoms with Gasteiger partial charge in [0.25, 0.3) is 5.69 Å². The van der Waals surface area contributed by atoms with E-state index < -0.39 is 4.92 Å². The Morgan fingerprint density at radius 1 is 1.27 bits per heavy atom. The van der Waals surface area contributed by atoms with Crippen molar-refractivity contribution in [3.8, 4) is 0 Å². The average Bonchev–Trinajstić information content (AvgIpc) is 2.47. The summed E-state index contributed by atoms with van der Waals surface area (Å²) in [5.74, 6) is 0.660. The predicted octanol–water partition coefficient (Wildman–Crippen LogP) is 3.02. The molecule has 0 aliphatic heterocycles. The molecule has 22 heavy (non-hydrogen) atoms. The van der Waals surface area contributed by atoms with Crippen LogP contribution in [0.25, 0.3) is 0 Å². The number of nitrogens with zero attached hydrogens (tertiary/aromatic N) is 3. The van der Waals surface area contributed by atoms with Crippen LogP contribution < -0.4 is 10.2 Å². The topological polar surface area (TPSA) is 71.3 Å². The van der Waals surface area contributed by atoms with Gasteiger partial charge in [-0.3, -0.25) is 10.1 Å². The van der Waals surface area contributed by atoms with E-state index in [2.05, 4.69) is 39.5 Å². The summed E-state index contributed by atoms with van der Waals surface area (Å²) in [6.07, 6.45) is 2.16. The number of aromatic nitrogens is 1. The third-order valence-electron chi connectivity index (χ3n) is 3.45. The summed E-state index contributed by atoms with van der Waals surface area (Å²) in [4.78, 5) is 16.5. The third-order valence-corrected chi connectivity index (χ3v) is 3.45. The number of nitrogens with one attached hydrogen (secondary N) is 1. The molecule has 6 nitrogen and oxygen atoms in total. The van der Waals surface area contributed by atoms with Gasteiger partial charge in [0.15, 0.2) is 0 Å². The number of hydrogen-bond acceptors (Lipinski definition) is 5. The van der Waals surface area contributed by atoms with Crippen LogP contribution in [0.2, 0.25) is 0 Å². The van der Waals surface area contributed by atoms with Gasteiger partial charge in [0.1, 0.15) is 12.0 Å². The van der Waals surface area contributed by atoms with Crippen molar-refractivity contribution in [3.05, 3.63) is 57.8 Å². The smallest absolute Gasteiger partial charge is 0.290 e. The van der Waals surface area contributed by atoms with E-state index in [-0.39, 0.29) is 5.69 Å². The number of pyridine rings is 1. The number of hydrogen-bond donors (Lipinski definition) is 1. The van der Waals surface area contributed by atoms with Crippen molar-refractivity contribution < 1.29 is 4.92 Å². The minimum Gasteiger partial charge on any atom is -0.378 e. The number of anilines is 2. The van der Waals surface area contributed by atoms with Gasteiger partial charge in [-0.15, -0.1) is 0 Å². The normalized spacial score (nSPS) is 10.3. The van der Waals surface area contributed by atoms with Crippen molar-refractivity contribution in [1.82, 2.24) is 4.98 Å². The average molecular weight is 300 g/mol. The molecule has 2 rings (SSSR count). The van der Waals surface area contributed by atoms with E-state index in [1.807, 2.05) is 14.1 Å². The molecule has 0 fully saturated rings. The lowest BCUT2D eigenvalue weighted by molar-refractivity contribution is -0.385. The van der Waals surface area contributed by atoms with Crippen LogP contribution >= 0.6 is 0 Å². The lowest BCUT2D eigenvalue weighted by atomic mass is 10.1. The maximum atomic E-state index is 10.7.